The first-order chi connectivity index (χ1) is 27.3. The highest BCUT2D eigenvalue weighted by atomic mass is 16.9. The van der Waals surface area contributed by atoms with Crippen molar-refractivity contribution in [3.05, 3.63) is 123 Å². The minimum absolute atomic E-state index is 0.0766. The molecule has 18 nitrogen and oxygen atoms in total. The van der Waals surface area contributed by atoms with E-state index in [2.05, 4.69) is 41.2 Å². The van der Waals surface area contributed by atoms with Crippen LogP contribution in [0.15, 0.2) is 84.3 Å². The van der Waals surface area contributed by atoms with Gasteiger partial charge in [0, 0.05) is 29.8 Å². The number of imidazole rings is 1. The molecule has 3 aromatic carbocycles. The molecule has 5 rings (SSSR count). The molecule has 0 unspecified atom stereocenters. The summed E-state index contributed by atoms with van der Waals surface area (Å²) in [6, 6.07) is 21.9. The van der Waals surface area contributed by atoms with Crippen LogP contribution >= 0.6 is 0 Å². The number of allylic oxidation sites excluding steroid dienone is 1. The van der Waals surface area contributed by atoms with E-state index in [1.807, 2.05) is 55.5 Å². The molecule has 0 atom stereocenters. The zero-order valence-corrected chi connectivity index (χ0v) is 32.3. The number of rotatable bonds is 17. The second-order valence-corrected chi connectivity index (χ2v) is 12.8. The van der Waals surface area contributed by atoms with Gasteiger partial charge in [0.05, 0.1) is 12.8 Å². The number of benzene rings is 3. The van der Waals surface area contributed by atoms with Gasteiger partial charge in [-0.25, -0.2) is 9.78 Å². The van der Waals surface area contributed by atoms with Crippen LogP contribution in [0.5, 0.6) is 5.75 Å². The third-order valence-electron chi connectivity index (χ3n) is 8.37. The van der Waals surface area contributed by atoms with Gasteiger partial charge in [0.25, 0.3) is 18.0 Å². The maximum atomic E-state index is 12.8. The van der Waals surface area contributed by atoms with Crippen LogP contribution in [0, 0.1) is 17.0 Å². The van der Waals surface area contributed by atoms with Gasteiger partial charge in [-0.15, -0.1) is 20.3 Å². The lowest BCUT2D eigenvalue weighted by Crippen LogP contribution is -2.20. The van der Waals surface area contributed by atoms with Crippen molar-refractivity contribution >= 4 is 19.0 Å². The highest BCUT2D eigenvalue weighted by molar-refractivity contribution is 5.81. The topological polar surface area (TPSA) is 222 Å². The summed E-state index contributed by atoms with van der Waals surface area (Å²) in [6.45, 7) is 9.82. The lowest BCUT2D eigenvalue weighted by molar-refractivity contribution is -0.763. The normalized spacial score (nSPS) is 11.4. The molecule has 0 aliphatic rings. The SMILES string of the molecule is CCCc1nc(C(C)(C)O)c(C)n1Cc1ccc(-c2ccccc2-c2nnn(C(=O)Oc3ccccc3CO[N+](=O)[O-])n2)cc1.CO/C(C)=C(/COC=O)OC=O. The summed E-state index contributed by atoms with van der Waals surface area (Å²) in [7, 11) is 1.42. The molecule has 0 aliphatic heterocycles. The molecule has 57 heavy (non-hydrogen) atoms. The van der Waals surface area contributed by atoms with Crippen molar-refractivity contribution in [2.75, 3.05) is 13.7 Å². The quantitative estimate of drug-likeness (QED) is 0.0516. The molecule has 18 heteroatoms. The van der Waals surface area contributed by atoms with E-state index in [9.17, 15) is 29.6 Å². The molecule has 2 aromatic heterocycles. The maximum absolute atomic E-state index is 12.8. The fraction of sp³-hybridized carbons (Fsp3) is 0.308. The predicted octanol–water partition coefficient (Wildman–Crippen LogP) is 5.71. The largest absolute Gasteiger partial charge is 0.498 e. The van der Waals surface area contributed by atoms with Crippen molar-refractivity contribution in [2.24, 2.45) is 0 Å². The Morgan fingerprint density at radius 3 is 2.32 bits per heavy atom. The van der Waals surface area contributed by atoms with E-state index in [1.54, 1.807) is 39.0 Å². The van der Waals surface area contributed by atoms with E-state index >= 15 is 0 Å². The minimum atomic E-state index is -1.03. The van der Waals surface area contributed by atoms with Crippen LogP contribution in [0.25, 0.3) is 22.5 Å². The third-order valence-corrected chi connectivity index (χ3v) is 8.37. The van der Waals surface area contributed by atoms with Crippen LogP contribution in [0.4, 0.5) is 4.79 Å². The number of para-hydroxylation sites is 1. The van der Waals surface area contributed by atoms with Gasteiger partial charge >= 0.3 is 6.09 Å². The highest BCUT2D eigenvalue weighted by Crippen LogP contribution is 2.31. The summed E-state index contributed by atoms with van der Waals surface area (Å²) in [6.07, 6.45) is 0.820. The van der Waals surface area contributed by atoms with Gasteiger partial charge < -0.3 is 33.5 Å². The first-order valence-corrected chi connectivity index (χ1v) is 17.5. The summed E-state index contributed by atoms with van der Waals surface area (Å²) in [5.41, 5.74) is 4.41. The van der Waals surface area contributed by atoms with Crippen molar-refractivity contribution in [1.82, 2.24) is 29.8 Å². The van der Waals surface area contributed by atoms with Gasteiger partial charge in [-0.2, -0.15) is 0 Å². The van der Waals surface area contributed by atoms with E-state index in [4.69, 9.17) is 14.5 Å². The van der Waals surface area contributed by atoms with Crippen LogP contribution < -0.4 is 4.74 Å². The Hall–Kier alpha value is -6.95. The van der Waals surface area contributed by atoms with E-state index in [1.165, 1.54) is 13.2 Å². The van der Waals surface area contributed by atoms with Crippen LogP contribution in [0.1, 0.15) is 62.5 Å². The summed E-state index contributed by atoms with van der Waals surface area (Å²) in [4.78, 5) is 53.0. The molecule has 0 aliphatic carbocycles. The number of ether oxygens (including phenoxy) is 4. The predicted molar refractivity (Wildman–Crippen MR) is 203 cm³/mol. The van der Waals surface area contributed by atoms with E-state index in [0.29, 0.717) is 29.1 Å². The fourth-order valence-corrected chi connectivity index (χ4v) is 5.58. The average Bonchev–Trinajstić information content (AvgIpc) is 3.82. The highest BCUT2D eigenvalue weighted by Gasteiger charge is 2.26. The molecule has 0 amide bonds. The molecule has 0 saturated carbocycles. The van der Waals surface area contributed by atoms with Crippen LogP contribution in [0.2, 0.25) is 0 Å². The van der Waals surface area contributed by atoms with Crippen molar-refractivity contribution in [3.63, 3.8) is 0 Å². The molecule has 1 N–H and O–H groups in total. The molecule has 300 valence electrons. The van der Waals surface area contributed by atoms with Crippen LogP contribution in [0.3, 0.4) is 0 Å². The molecule has 5 aromatic rings. The number of carbonyl (C=O) groups is 3. The standard InChI is InChI=1S/C32H33N7O6.C7H10O5/c1-5-10-28-33-29(32(3,4)41)21(2)37(28)19-22-15-17-23(18-16-22)25-12-7-8-13-26(25)30-34-36-38(35-30)31(40)45-27-14-9-6-11-24(27)20-44-39(42)43;1-6(10-2)7(12-5-9)3-11-4-8/h6-9,11-18,41H,5,10,19-20H2,1-4H3;4-5H,3H2,1-2H3/b;7-6-. The Morgan fingerprint density at radius 1 is 1.00 bits per heavy atom. The van der Waals surface area contributed by atoms with Crippen molar-refractivity contribution in [3.8, 4) is 28.3 Å². The zero-order valence-electron chi connectivity index (χ0n) is 32.3. The lowest BCUT2D eigenvalue weighted by atomic mass is 9.98. The second-order valence-electron chi connectivity index (χ2n) is 12.8. The number of aryl methyl sites for hydroxylation is 1. The number of nitrogens with zero attached hydrogens (tertiary/aromatic N) is 7. The van der Waals surface area contributed by atoms with Gasteiger partial charge in [-0.05, 0) is 62.1 Å². The van der Waals surface area contributed by atoms with Gasteiger partial charge in [-0.1, -0.05) is 78.5 Å². The number of methoxy groups -OCH3 is 1. The molecule has 0 fully saturated rings. The summed E-state index contributed by atoms with van der Waals surface area (Å²) in [5.74, 6) is 1.81. The van der Waals surface area contributed by atoms with Gasteiger partial charge in [0.15, 0.2) is 12.4 Å². The number of hydrogen-bond acceptors (Lipinski definition) is 15. The van der Waals surface area contributed by atoms with E-state index < -0.39 is 16.8 Å². The molecule has 0 radical (unpaired) electrons. The smallest absolute Gasteiger partial charge is 0.459 e. The van der Waals surface area contributed by atoms with Crippen LogP contribution in [-0.4, -0.2) is 72.7 Å². The first-order valence-electron chi connectivity index (χ1n) is 17.5. The minimum Gasteiger partial charge on any atom is -0.498 e. The number of tetrazole rings is 1. The van der Waals surface area contributed by atoms with Crippen molar-refractivity contribution < 1.29 is 48.4 Å². The Balaban J connectivity index is 0.000000519. The lowest BCUT2D eigenvalue weighted by Gasteiger charge is -2.16. The van der Waals surface area contributed by atoms with E-state index in [-0.39, 0.29) is 43.5 Å². The Kier molecular flexibility index (Phi) is 15.1. The molecular weight excluding hydrogens is 742 g/mol. The zero-order chi connectivity index (χ0) is 41.5. The molecule has 0 bridgehead atoms. The summed E-state index contributed by atoms with van der Waals surface area (Å²) >= 11 is 0. The summed E-state index contributed by atoms with van der Waals surface area (Å²) < 4.78 is 21.2. The molecule has 0 saturated heterocycles. The number of aliphatic hydroxyl groups is 1. The van der Waals surface area contributed by atoms with Crippen molar-refractivity contribution in [1.29, 1.82) is 0 Å². The second kappa shape index (κ2) is 20.1. The molecule has 2 heterocycles. The Bertz CT molecular complexity index is 2190. The van der Waals surface area contributed by atoms with Gasteiger partial charge in [0.1, 0.15) is 29.5 Å². The van der Waals surface area contributed by atoms with Crippen molar-refractivity contribution in [2.45, 2.75) is 66.2 Å². The van der Waals surface area contributed by atoms with Gasteiger partial charge in [0.2, 0.25) is 5.82 Å². The molecular formula is C39H43N7O11. The van der Waals surface area contributed by atoms with Gasteiger partial charge in [-0.3, -0.25) is 9.59 Å². The average molecular weight is 786 g/mol. The number of aromatic nitrogens is 6. The van der Waals surface area contributed by atoms with Crippen LogP contribution in [-0.2, 0) is 53.8 Å². The first kappa shape index (κ1) is 42.8. The molecule has 0 spiro atoms. The fourth-order valence-electron chi connectivity index (χ4n) is 5.58. The Morgan fingerprint density at radius 2 is 1.68 bits per heavy atom. The Labute approximate surface area is 327 Å². The third kappa shape index (κ3) is 11.5. The van der Waals surface area contributed by atoms with E-state index in [0.717, 1.165) is 45.8 Å². The monoisotopic (exact) mass is 785 g/mol. The maximum Gasteiger partial charge on any atom is 0.459 e. The number of carbonyl (C=O) groups excluding carboxylic acids is 3. The number of hydrogen-bond donors (Lipinski definition) is 1. The summed E-state index contributed by atoms with van der Waals surface area (Å²) in [5, 5.41) is 32.5.